The lowest BCUT2D eigenvalue weighted by molar-refractivity contribution is -0.137. The number of hydrogen-bond donors (Lipinski definition) is 3. The Morgan fingerprint density at radius 1 is 1.18 bits per heavy atom. The maximum atomic E-state index is 11.4. The minimum Gasteiger partial charge on any atom is -0.508 e. The zero-order valence-corrected chi connectivity index (χ0v) is 11.6. The van der Waals surface area contributed by atoms with E-state index in [2.05, 4.69) is 10.3 Å². The molecule has 0 aliphatic carbocycles. The van der Waals surface area contributed by atoms with E-state index < -0.39 is 12.0 Å². The number of oxazole rings is 1. The number of phenolic OH excluding ortho intramolecular Hbond substituents is 1. The van der Waals surface area contributed by atoms with Gasteiger partial charge in [-0.25, -0.2) is 4.79 Å². The highest BCUT2D eigenvalue weighted by Gasteiger charge is 2.20. The van der Waals surface area contributed by atoms with Crippen molar-refractivity contribution in [3.8, 4) is 5.75 Å². The summed E-state index contributed by atoms with van der Waals surface area (Å²) in [5.74, 6) is -0.863. The van der Waals surface area contributed by atoms with Crippen LogP contribution >= 0.6 is 0 Å². The molecule has 3 N–H and O–H groups in total. The molecule has 0 aliphatic rings. The third-order valence-corrected chi connectivity index (χ3v) is 3.27. The van der Waals surface area contributed by atoms with Gasteiger partial charge in [-0.1, -0.05) is 24.3 Å². The number of anilines is 1. The highest BCUT2D eigenvalue weighted by molar-refractivity contribution is 5.78. The lowest BCUT2D eigenvalue weighted by atomic mass is 10.1. The van der Waals surface area contributed by atoms with Gasteiger partial charge in [0.15, 0.2) is 5.58 Å². The van der Waals surface area contributed by atoms with Crippen molar-refractivity contribution in [3.63, 3.8) is 0 Å². The van der Waals surface area contributed by atoms with Crippen LogP contribution in [0.15, 0.2) is 52.9 Å². The first-order chi connectivity index (χ1) is 10.6. The third-order valence-electron chi connectivity index (χ3n) is 3.27. The molecule has 0 aliphatic heterocycles. The summed E-state index contributed by atoms with van der Waals surface area (Å²) in [5.41, 5.74) is 2.05. The molecule has 3 rings (SSSR count). The molecular weight excluding hydrogens is 284 g/mol. The summed E-state index contributed by atoms with van der Waals surface area (Å²) in [6.07, 6.45) is 0.244. The summed E-state index contributed by atoms with van der Waals surface area (Å²) in [6.45, 7) is 0. The monoisotopic (exact) mass is 298 g/mol. The molecule has 6 heteroatoms. The number of carboxylic acids is 1. The zero-order chi connectivity index (χ0) is 15.5. The molecule has 6 nitrogen and oxygen atoms in total. The van der Waals surface area contributed by atoms with Gasteiger partial charge in [0.2, 0.25) is 0 Å². The Hall–Kier alpha value is -3.02. The number of aromatic nitrogens is 1. The van der Waals surface area contributed by atoms with Crippen molar-refractivity contribution in [3.05, 3.63) is 54.1 Å². The average molecular weight is 298 g/mol. The van der Waals surface area contributed by atoms with E-state index in [-0.39, 0.29) is 18.2 Å². The van der Waals surface area contributed by atoms with Crippen molar-refractivity contribution in [2.45, 2.75) is 12.5 Å². The minimum atomic E-state index is -1.00. The molecule has 1 atom stereocenters. The predicted octanol–water partition coefficient (Wildman–Crippen LogP) is 2.64. The highest BCUT2D eigenvalue weighted by Crippen LogP contribution is 2.20. The lowest BCUT2D eigenvalue weighted by Gasteiger charge is -2.12. The zero-order valence-electron chi connectivity index (χ0n) is 11.6. The van der Waals surface area contributed by atoms with Crippen molar-refractivity contribution >= 4 is 23.1 Å². The predicted molar refractivity (Wildman–Crippen MR) is 80.9 cm³/mol. The van der Waals surface area contributed by atoms with Crippen LogP contribution in [0.5, 0.6) is 5.75 Å². The number of phenols is 1. The van der Waals surface area contributed by atoms with Gasteiger partial charge in [-0.2, -0.15) is 4.98 Å². The van der Waals surface area contributed by atoms with Crippen molar-refractivity contribution in [2.75, 3.05) is 5.32 Å². The third kappa shape index (κ3) is 3.01. The van der Waals surface area contributed by atoms with E-state index in [1.165, 1.54) is 12.1 Å². The van der Waals surface area contributed by atoms with E-state index in [0.29, 0.717) is 11.1 Å². The first-order valence-corrected chi connectivity index (χ1v) is 6.74. The van der Waals surface area contributed by atoms with Crippen molar-refractivity contribution in [1.82, 2.24) is 4.98 Å². The summed E-state index contributed by atoms with van der Waals surface area (Å²) in [5, 5.41) is 21.4. The van der Waals surface area contributed by atoms with Gasteiger partial charge in [0.25, 0.3) is 6.01 Å². The van der Waals surface area contributed by atoms with Gasteiger partial charge < -0.3 is 19.9 Å². The number of hydrogen-bond acceptors (Lipinski definition) is 5. The number of rotatable bonds is 5. The average Bonchev–Trinajstić information content (AvgIpc) is 2.91. The minimum absolute atomic E-state index is 0.141. The van der Waals surface area contributed by atoms with Crippen LogP contribution in [-0.4, -0.2) is 27.2 Å². The molecular formula is C16H14N2O4. The van der Waals surface area contributed by atoms with Gasteiger partial charge in [0, 0.05) is 6.42 Å². The summed E-state index contributed by atoms with van der Waals surface area (Å²) in [6, 6.07) is 12.9. The van der Waals surface area contributed by atoms with Crippen LogP contribution in [0.2, 0.25) is 0 Å². The molecule has 0 unspecified atom stereocenters. The number of aromatic hydroxyl groups is 1. The SMILES string of the molecule is O=C(O)[C@H](Cc1ccc(O)cc1)Nc1nc2ccccc2o1. The van der Waals surface area contributed by atoms with Gasteiger partial charge in [0.05, 0.1) is 0 Å². The van der Waals surface area contributed by atoms with E-state index in [0.717, 1.165) is 5.56 Å². The first-order valence-electron chi connectivity index (χ1n) is 6.74. The summed E-state index contributed by atoms with van der Waals surface area (Å²) in [4.78, 5) is 15.6. The molecule has 0 spiro atoms. The van der Waals surface area contributed by atoms with Crippen LogP contribution in [0, 0.1) is 0 Å². The van der Waals surface area contributed by atoms with E-state index in [4.69, 9.17) is 4.42 Å². The molecule has 0 radical (unpaired) electrons. The number of aliphatic carboxylic acids is 1. The maximum Gasteiger partial charge on any atom is 0.326 e. The Morgan fingerprint density at radius 2 is 1.91 bits per heavy atom. The standard InChI is InChI=1S/C16H14N2O4/c19-11-7-5-10(6-8-11)9-13(15(20)21)18-16-17-12-3-1-2-4-14(12)22-16/h1-8,13,19H,9H2,(H,17,18)(H,20,21)/t13-/m0/s1. The van der Waals surface area contributed by atoms with Crippen LogP contribution in [0.4, 0.5) is 6.01 Å². The van der Waals surface area contributed by atoms with Gasteiger partial charge in [-0.15, -0.1) is 0 Å². The maximum absolute atomic E-state index is 11.4. The lowest BCUT2D eigenvalue weighted by Crippen LogP contribution is -2.31. The van der Waals surface area contributed by atoms with E-state index in [9.17, 15) is 15.0 Å². The number of para-hydroxylation sites is 2. The number of nitrogens with one attached hydrogen (secondary N) is 1. The Bertz CT molecular complexity index is 762. The van der Waals surface area contributed by atoms with E-state index in [1.54, 1.807) is 24.3 Å². The van der Waals surface area contributed by atoms with Crippen molar-refractivity contribution in [1.29, 1.82) is 0 Å². The second-order valence-electron chi connectivity index (χ2n) is 4.89. The number of benzene rings is 2. The molecule has 0 fully saturated rings. The van der Waals surface area contributed by atoms with Gasteiger partial charge in [0.1, 0.15) is 17.3 Å². The van der Waals surface area contributed by atoms with Gasteiger partial charge in [-0.05, 0) is 29.8 Å². The molecule has 1 heterocycles. The van der Waals surface area contributed by atoms with Crippen molar-refractivity contribution in [2.24, 2.45) is 0 Å². The Labute approximate surface area is 126 Å². The fraction of sp³-hybridized carbons (Fsp3) is 0.125. The van der Waals surface area contributed by atoms with Crippen LogP contribution in [-0.2, 0) is 11.2 Å². The molecule has 0 saturated heterocycles. The fourth-order valence-corrected chi connectivity index (χ4v) is 2.15. The second kappa shape index (κ2) is 5.77. The quantitative estimate of drug-likeness (QED) is 0.670. The number of carbonyl (C=O) groups is 1. The number of nitrogens with zero attached hydrogens (tertiary/aromatic N) is 1. The fourth-order valence-electron chi connectivity index (χ4n) is 2.15. The summed E-state index contributed by atoms with van der Waals surface area (Å²) in [7, 11) is 0. The molecule has 0 saturated carbocycles. The Morgan fingerprint density at radius 3 is 2.59 bits per heavy atom. The van der Waals surface area contributed by atoms with Crippen molar-refractivity contribution < 1.29 is 19.4 Å². The van der Waals surface area contributed by atoms with Gasteiger partial charge in [-0.3, -0.25) is 0 Å². The molecule has 2 aromatic carbocycles. The van der Waals surface area contributed by atoms with Gasteiger partial charge >= 0.3 is 5.97 Å². The number of carboxylic acid groups (broad SMARTS) is 1. The molecule has 112 valence electrons. The Balaban J connectivity index is 1.79. The van der Waals surface area contributed by atoms with Crippen LogP contribution in [0.25, 0.3) is 11.1 Å². The van der Waals surface area contributed by atoms with Crippen LogP contribution in [0.1, 0.15) is 5.56 Å². The highest BCUT2D eigenvalue weighted by atomic mass is 16.4. The molecule has 1 aromatic heterocycles. The summed E-state index contributed by atoms with van der Waals surface area (Å²) < 4.78 is 5.48. The largest absolute Gasteiger partial charge is 0.508 e. The second-order valence-corrected chi connectivity index (χ2v) is 4.89. The molecule has 0 bridgehead atoms. The van der Waals surface area contributed by atoms with E-state index in [1.807, 2.05) is 12.1 Å². The summed E-state index contributed by atoms with van der Waals surface area (Å²) >= 11 is 0. The molecule has 0 amide bonds. The van der Waals surface area contributed by atoms with E-state index >= 15 is 0 Å². The first kappa shape index (κ1) is 13.9. The normalized spacial score (nSPS) is 12.2. The Kier molecular flexibility index (Phi) is 3.65. The molecule has 3 aromatic rings. The molecule has 22 heavy (non-hydrogen) atoms. The van der Waals surface area contributed by atoms with Crippen LogP contribution in [0.3, 0.4) is 0 Å². The smallest absolute Gasteiger partial charge is 0.326 e. The topological polar surface area (TPSA) is 95.6 Å². The number of fused-ring (bicyclic) bond motifs is 1. The van der Waals surface area contributed by atoms with Crippen LogP contribution < -0.4 is 5.32 Å².